The average Bonchev–Trinajstić information content (AvgIpc) is 3.43. The molecule has 0 spiro atoms. The summed E-state index contributed by atoms with van der Waals surface area (Å²) < 4.78 is 0. The van der Waals surface area contributed by atoms with Crippen molar-refractivity contribution in [2.24, 2.45) is 0 Å². The molecule has 6 aromatic rings. The monoisotopic (exact) mass is 594 g/mol. The van der Waals surface area contributed by atoms with Gasteiger partial charge in [-0.3, -0.25) is 0 Å². The maximum atomic E-state index is 10.9. The first-order valence-electron chi connectivity index (χ1n) is 14.2. The van der Waals surface area contributed by atoms with Crippen molar-refractivity contribution in [1.29, 1.82) is 0 Å². The van der Waals surface area contributed by atoms with E-state index >= 15 is 0 Å². The lowest BCUT2D eigenvalue weighted by molar-refractivity contribution is -0.132. The van der Waals surface area contributed by atoms with Gasteiger partial charge in [0.25, 0.3) is 0 Å². The molecule has 7 rings (SSSR count). The van der Waals surface area contributed by atoms with Crippen LogP contribution >= 0.6 is 0 Å². The Kier molecular flexibility index (Phi) is 9.36. The zero-order valence-electron chi connectivity index (χ0n) is 24.2. The van der Waals surface area contributed by atoms with Gasteiger partial charge < -0.3 is 20.4 Å². The lowest BCUT2D eigenvalue weighted by atomic mass is 9.95. The maximum absolute atomic E-state index is 10.9. The smallest absolute Gasteiger partial charge is 0.328 e. The van der Waals surface area contributed by atoms with Gasteiger partial charge in [0.05, 0.1) is 0 Å². The SMILES string of the molecule is O=C(O)C=Cc1ccc2c(c1C=CC(=O)O)Cc1ccccc1-2.Oc1cccc2ccccc12.Oc1cccc2ccccc12. The normalized spacial score (nSPS) is 11.4. The first kappa shape index (κ1) is 30.3. The van der Waals surface area contributed by atoms with Crippen LogP contribution in [-0.2, 0) is 16.0 Å². The van der Waals surface area contributed by atoms with Gasteiger partial charge in [-0.25, -0.2) is 9.59 Å². The highest BCUT2D eigenvalue weighted by Gasteiger charge is 2.21. The second-order valence-electron chi connectivity index (χ2n) is 10.3. The molecule has 0 aliphatic heterocycles. The van der Waals surface area contributed by atoms with Crippen LogP contribution < -0.4 is 0 Å². The third-order valence-corrected chi connectivity index (χ3v) is 7.40. The van der Waals surface area contributed by atoms with Crippen molar-refractivity contribution >= 4 is 45.6 Å². The number of benzene rings is 6. The summed E-state index contributed by atoms with van der Waals surface area (Å²) in [7, 11) is 0. The van der Waals surface area contributed by atoms with Gasteiger partial charge in [0.15, 0.2) is 0 Å². The lowest BCUT2D eigenvalue weighted by Crippen LogP contribution is -1.94. The standard InChI is InChI=1S/C19H14O4.2C10H8O/c20-18(21)9-6-12-5-7-16-14-4-2-1-3-13(14)11-17(16)15(12)8-10-19(22)23;2*11-10-7-3-5-8-4-1-2-6-9(8)10/h1-10H,11H2,(H,20,21)(H,22,23);2*1-7,11H. The number of phenolic OH excluding ortho intramolecular Hbond substituents is 2. The Morgan fingerprint density at radius 3 is 1.62 bits per heavy atom. The van der Waals surface area contributed by atoms with Crippen LogP contribution in [0.15, 0.2) is 133 Å². The first-order valence-corrected chi connectivity index (χ1v) is 14.2. The molecule has 0 unspecified atom stereocenters. The molecule has 0 radical (unpaired) electrons. The van der Waals surface area contributed by atoms with Crippen LogP contribution in [0, 0.1) is 0 Å². The van der Waals surface area contributed by atoms with E-state index in [-0.39, 0.29) is 0 Å². The molecule has 0 fully saturated rings. The number of phenols is 2. The Morgan fingerprint density at radius 1 is 0.533 bits per heavy atom. The van der Waals surface area contributed by atoms with Gasteiger partial charge in [-0.1, -0.05) is 109 Å². The largest absolute Gasteiger partial charge is 0.507 e. The molecule has 6 aromatic carbocycles. The topological polar surface area (TPSA) is 115 Å². The molecule has 0 aromatic heterocycles. The van der Waals surface area contributed by atoms with Gasteiger partial charge in [0.2, 0.25) is 0 Å². The molecular weight excluding hydrogens is 564 g/mol. The van der Waals surface area contributed by atoms with Gasteiger partial charge in [0.1, 0.15) is 11.5 Å². The summed E-state index contributed by atoms with van der Waals surface area (Å²) in [6.45, 7) is 0. The number of aliphatic carboxylic acids is 2. The van der Waals surface area contributed by atoms with Crippen LogP contribution in [0.5, 0.6) is 11.5 Å². The fourth-order valence-electron chi connectivity index (χ4n) is 5.33. The highest BCUT2D eigenvalue weighted by atomic mass is 16.4. The number of aromatic hydroxyl groups is 2. The molecule has 45 heavy (non-hydrogen) atoms. The van der Waals surface area contributed by atoms with Crippen molar-refractivity contribution in [2.45, 2.75) is 6.42 Å². The van der Waals surface area contributed by atoms with E-state index in [4.69, 9.17) is 10.2 Å². The van der Waals surface area contributed by atoms with Crippen LogP contribution in [0.4, 0.5) is 0 Å². The molecule has 6 heteroatoms. The second kappa shape index (κ2) is 13.9. The molecule has 0 saturated carbocycles. The van der Waals surface area contributed by atoms with Gasteiger partial charge in [-0.15, -0.1) is 0 Å². The molecule has 6 nitrogen and oxygen atoms in total. The molecule has 0 bridgehead atoms. The number of carboxylic acids is 2. The Hall–Kier alpha value is -6.14. The number of rotatable bonds is 4. The number of hydrogen-bond acceptors (Lipinski definition) is 4. The quantitative estimate of drug-likeness (QED) is 0.152. The van der Waals surface area contributed by atoms with Crippen LogP contribution in [-0.4, -0.2) is 32.4 Å². The molecule has 4 N–H and O–H groups in total. The highest BCUT2D eigenvalue weighted by Crippen LogP contribution is 2.40. The van der Waals surface area contributed by atoms with Crippen LogP contribution in [0.3, 0.4) is 0 Å². The molecule has 0 atom stereocenters. The maximum Gasteiger partial charge on any atom is 0.328 e. The highest BCUT2D eigenvalue weighted by molar-refractivity contribution is 5.92. The van der Waals surface area contributed by atoms with Crippen molar-refractivity contribution < 1.29 is 30.0 Å². The Balaban J connectivity index is 0.000000150. The molecular formula is C39H30O6. The average molecular weight is 595 g/mol. The van der Waals surface area contributed by atoms with Crippen LogP contribution in [0.2, 0.25) is 0 Å². The third-order valence-electron chi connectivity index (χ3n) is 7.40. The van der Waals surface area contributed by atoms with Gasteiger partial charge in [-0.05, 0) is 74.9 Å². The van der Waals surface area contributed by atoms with E-state index in [0.717, 1.165) is 56.0 Å². The zero-order chi connectivity index (χ0) is 31.8. The summed E-state index contributed by atoms with van der Waals surface area (Å²) in [6, 6.07) is 38.4. The fourth-order valence-corrected chi connectivity index (χ4v) is 5.33. The van der Waals surface area contributed by atoms with E-state index in [9.17, 15) is 19.8 Å². The number of carboxylic acid groups (broad SMARTS) is 2. The number of fused-ring (bicyclic) bond motifs is 5. The minimum Gasteiger partial charge on any atom is -0.507 e. The molecule has 0 amide bonds. The predicted octanol–water partition coefficient (Wildman–Crippen LogP) is 8.54. The van der Waals surface area contributed by atoms with Crippen molar-refractivity contribution in [3.05, 3.63) is 156 Å². The van der Waals surface area contributed by atoms with Crippen molar-refractivity contribution in [1.82, 2.24) is 0 Å². The number of carbonyl (C=O) groups is 2. The van der Waals surface area contributed by atoms with Crippen molar-refractivity contribution in [3.8, 4) is 22.6 Å². The predicted molar refractivity (Wildman–Crippen MR) is 179 cm³/mol. The third kappa shape index (κ3) is 7.27. The summed E-state index contributed by atoms with van der Waals surface area (Å²) >= 11 is 0. The number of hydrogen-bond donors (Lipinski definition) is 4. The molecule has 0 saturated heterocycles. The van der Waals surface area contributed by atoms with Crippen LogP contribution in [0.25, 0.3) is 44.8 Å². The summed E-state index contributed by atoms with van der Waals surface area (Å²) in [4.78, 5) is 21.6. The van der Waals surface area contributed by atoms with Gasteiger partial charge in [0, 0.05) is 22.9 Å². The Labute approximate surface area is 260 Å². The van der Waals surface area contributed by atoms with Crippen molar-refractivity contribution in [2.75, 3.05) is 0 Å². The van der Waals surface area contributed by atoms with E-state index in [2.05, 4.69) is 0 Å². The molecule has 0 heterocycles. The van der Waals surface area contributed by atoms with Gasteiger partial charge >= 0.3 is 11.9 Å². The van der Waals surface area contributed by atoms with Gasteiger partial charge in [-0.2, -0.15) is 0 Å². The molecule has 222 valence electrons. The van der Waals surface area contributed by atoms with E-state index < -0.39 is 11.9 Å². The minimum atomic E-state index is -1.04. The van der Waals surface area contributed by atoms with E-state index in [1.165, 1.54) is 17.7 Å². The van der Waals surface area contributed by atoms with E-state index in [1.54, 1.807) is 12.1 Å². The van der Waals surface area contributed by atoms with Crippen molar-refractivity contribution in [3.63, 3.8) is 0 Å². The first-order chi connectivity index (χ1) is 21.8. The minimum absolute atomic E-state index is 0.350. The summed E-state index contributed by atoms with van der Waals surface area (Å²) in [6.07, 6.45) is 5.87. The zero-order valence-corrected chi connectivity index (χ0v) is 24.2. The van der Waals surface area contributed by atoms with Crippen LogP contribution in [0.1, 0.15) is 22.3 Å². The Morgan fingerprint density at radius 2 is 1.04 bits per heavy atom. The van der Waals surface area contributed by atoms with E-state index in [1.807, 2.05) is 109 Å². The second-order valence-corrected chi connectivity index (χ2v) is 10.3. The fraction of sp³-hybridized carbons (Fsp3) is 0.0256. The summed E-state index contributed by atoms with van der Waals surface area (Å²) in [5.41, 5.74) is 5.86. The molecule has 1 aliphatic carbocycles. The lowest BCUT2D eigenvalue weighted by Gasteiger charge is -2.09. The summed E-state index contributed by atoms with van der Waals surface area (Å²) in [5.74, 6) is -1.38. The molecule has 1 aliphatic rings. The van der Waals surface area contributed by atoms with E-state index in [0.29, 0.717) is 23.5 Å². The Bertz CT molecular complexity index is 1980. The summed E-state index contributed by atoms with van der Waals surface area (Å²) in [5, 5.41) is 40.4.